The number of hydrogen-bond acceptors (Lipinski definition) is 2. The summed E-state index contributed by atoms with van der Waals surface area (Å²) in [6.07, 6.45) is -1.90. The van der Waals surface area contributed by atoms with E-state index in [2.05, 4.69) is 0 Å². The highest BCUT2D eigenvalue weighted by atomic mass is 19.4. The lowest BCUT2D eigenvalue weighted by molar-refractivity contribution is -0.143. The number of carbonyl (C=O) groups is 1. The first kappa shape index (κ1) is 18.5. The SMILES string of the molecule is CCC(CCc1ccc(C(F)(F)F)cc1)CC(C)(N)C(=O)O. The highest BCUT2D eigenvalue weighted by Crippen LogP contribution is 2.29. The molecule has 0 bridgehead atoms. The number of rotatable bonds is 7. The van der Waals surface area contributed by atoms with Crippen molar-refractivity contribution >= 4 is 5.97 Å². The predicted molar refractivity (Wildman–Crippen MR) is 78.4 cm³/mol. The van der Waals surface area contributed by atoms with Crippen LogP contribution in [0.2, 0.25) is 0 Å². The Morgan fingerprint density at radius 3 is 2.23 bits per heavy atom. The summed E-state index contributed by atoms with van der Waals surface area (Å²) in [5.74, 6) is -0.922. The molecule has 6 heteroatoms. The monoisotopic (exact) mass is 317 g/mol. The summed E-state index contributed by atoms with van der Waals surface area (Å²) in [5.41, 5.74) is 4.61. The van der Waals surface area contributed by atoms with Crippen LogP contribution >= 0.6 is 0 Å². The standard InChI is InChI=1S/C16H22F3NO2/c1-3-11(10-15(2,20)14(21)22)4-5-12-6-8-13(9-7-12)16(17,18)19/h6-9,11H,3-5,10,20H2,1-2H3,(H,21,22). The Balaban J connectivity index is 2.62. The summed E-state index contributed by atoms with van der Waals surface area (Å²) in [4.78, 5) is 11.0. The van der Waals surface area contributed by atoms with Crippen LogP contribution in [0.3, 0.4) is 0 Å². The van der Waals surface area contributed by atoms with E-state index in [0.717, 1.165) is 24.1 Å². The van der Waals surface area contributed by atoms with Crippen molar-refractivity contribution < 1.29 is 23.1 Å². The third kappa shape index (κ3) is 5.33. The number of alkyl halides is 3. The van der Waals surface area contributed by atoms with Crippen molar-refractivity contribution in [1.29, 1.82) is 0 Å². The number of nitrogens with two attached hydrogens (primary N) is 1. The topological polar surface area (TPSA) is 63.3 Å². The van der Waals surface area contributed by atoms with Gasteiger partial charge in [-0.3, -0.25) is 4.79 Å². The van der Waals surface area contributed by atoms with Crippen molar-refractivity contribution in [2.75, 3.05) is 0 Å². The molecule has 0 aliphatic carbocycles. The van der Waals surface area contributed by atoms with Gasteiger partial charge in [0, 0.05) is 0 Å². The molecule has 0 fully saturated rings. The molecule has 22 heavy (non-hydrogen) atoms. The number of hydrogen-bond donors (Lipinski definition) is 2. The average Bonchev–Trinajstić information content (AvgIpc) is 2.42. The van der Waals surface area contributed by atoms with Gasteiger partial charge in [-0.1, -0.05) is 25.5 Å². The maximum Gasteiger partial charge on any atom is 0.416 e. The number of benzene rings is 1. The zero-order valence-electron chi connectivity index (χ0n) is 12.8. The average molecular weight is 317 g/mol. The first-order chi connectivity index (χ1) is 10.1. The van der Waals surface area contributed by atoms with Gasteiger partial charge in [0.1, 0.15) is 5.54 Å². The molecule has 0 aliphatic rings. The van der Waals surface area contributed by atoms with Crippen molar-refractivity contribution in [1.82, 2.24) is 0 Å². The van der Waals surface area contributed by atoms with Crippen LogP contribution in [0.5, 0.6) is 0 Å². The van der Waals surface area contributed by atoms with Crippen LogP contribution in [0.1, 0.15) is 44.2 Å². The van der Waals surface area contributed by atoms with E-state index < -0.39 is 23.2 Å². The van der Waals surface area contributed by atoms with E-state index >= 15 is 0 Å². The highest BCUT2D eigenvalue weighted by Gasteiger charge is 2.31. The van der Waals surface area contributed by atoms with Gasteiger partial charge in [-0.25, -0.2) is 0 Å². The van der Waals surface area contributed by atoms with Gasteiger partial charge >= 0.3 is 12.1 Å². The minimum atomic E-state index is -4.33. The minimum absolute atomic E-state index is 0.119. The second kappa shape index (κ2) is 7.13. The van der Waals surface area contributed by atoms with E-state index in [1.807, 2.05) is 6.92 Å². The predicted octanol–water partition coefficient (Wildman–Crippen LogP) is 3.86. The maximum atomic E-state index is 12.5. The van der Waals surface area contributed by atoms with Gasteiger partial charge in [0.25, 0.3) is 0 Å². The molecule has 1 aromatic carbocycles. The molecule has 1 aromatic rings. The van der Waals surface area contributed by atoms with Crippen LogP contribution in [0.4, 0.5) is 13.2 Å². The molecule has 0 saturated carbocycles. The van der Waals surface area contributed by atoms with Crippen molar-refractivity contribution in [3.05, 3.63) is 35.4 Å². The fraction of sp³-hybridized carbons (Fsp3) is 0.562. The van der Waals surface area contributed by atoms with E-state index in [1.165, 1.54) is 19.1 Å². The third-order valence-electron chi connectivity index (χ3n) is 3.90. The fourth-order valence-electron chi connectivity index (χ4n) is 2.37. The molecule has 0 aromatic heterocycles. The summed E-state index contributed by atoms with van der Waals surface area (Å²) >= 11 is 0. The molecule has 3 nitrogen and oxygen atoms in total. The van der Waals surface area contributed by atoms with Crippen molar-refractivity contribution in [3.8, 4) is 0 Å². The second-order valence-electron chi connectivity index (χ2n) is 5.93. The van der Waals surface area contributed by atoms with Crippen LogP contribution in [-0.2, 0) is 17.4 Å². The largest absolute Gasteiger partial charge is 0.480 e. The van der Waals surface area contributed by atoms with Crippen LogP contribution in [0.15, 0.2) is 24.3 Å². The Labute approximate surface area is 128 Å². The quantitative estimate of drug-likeness (QED) is 0.803. The molecule has 0 saturated heterocycles. The van der Waals surface area contributed by atoms with Gasteiger partial charge in [0.15, 0.2) is 0 Å². The summed E-state index contributed by atoms with van der Waals surface area (Å²) < 4.78 is 37.4. The lowest BCUT2D eigenvalue weighted by atomic mass is 9.85. The summed E-state index contributed by atoms with van der Waals surface area (Å²) in [5, 5.41) is 9.05. The van der Waals surface area contributed by atoms with Gasteiger partial charge < -0.3 is 10.8 Å². The molecule has 0 radical (unpaired) electrons. The number of aliphatic carboxylic acids is 1. The molecule has 0 spiro atoms. The van der Waals surface area contributed by atoms with Crippen LogP contribution in [-0.4, -0.2) is 16.6 Å². The number of carboxylic acid groups (broad SMARTS) is 1. The summed E-state index contributed by atoms with van der Waals surface area (Å²) in [6, 6.07) is 5.07. The highest BCUT2D eigenvalue weighted by molar-refractivity contribution is 5.77. The molecule has 124 valence electrons. The van der Waals surface area contributed by atoms with Gasteiger partial charge in [0.2, 0.25) is 0 Å². The Bertz CT molecular complexity index is 495. The molecule has 3 N–H and O–H groups in total. The lowest BCUT2D eigenvalue weighted by Crippen LogP contribution is -2.46. The van der Waals surface area contributed by atoms with Crippen LogP contribution in [0.25, 0.3) is 0 Å². The van der Waals surface area contributed by atoms with Crippen LogP contribution in [0, 0.1) is 5.92 Å². The third-order valence-corrected chi connectivity index (χ3v) is 3.90. The first-order valence-electron chi connectivity index (χ1n) is 7.24. The van der Waals surface area contributed by atoms with Crippen molar-refractivity contribution in [2.45, 2.75) is 51.2 Å². The number of halogens is 3. The first-order valence-corrected chi connectivity index (χ1v) is 7.24. The maximum absolute atomic E-state index is 12.5. The van der Waals surface area contributed by atoms with Crippen molar-refractivity contribution in [3.63, 3.8) is 0 Å². The normalized spacial score (nSPS) is 16.1. The van der Waals surface area contributed by atoms with Gasteiger partial charge in [-0.15, -0.1) is 0 Å². The Morgan fingerprint density at radius 1 is 1.27 bits per heavy atom. The smallest absolute Gasteiger partial charge is 0.416 e. The lowest BCUT2D eigenvalue weighted by Gasteiger charge is -2.25. The summed E-state index contributed by atoms with van der Waals surface area (Å²) in [7, 11) is 0. The van der Waals surface area contributed by atoms with Crippen LogP contribution < -0.4 is 5.73 Å². The molecule has 0 amide bonds. The molecular weight excluding hydrogens is 295 g/mol. The van der Waals surface area contributed by atoms with E-state index in [9.17, 15) is 18.0 Å². The fourth-order valence-corrected chi connectivity index (χ4v) is 2.37. The zero-order chi connectivity index (χ0) is 17.0. The van der Waals surface area contributed by atoms with Crippen molar-refractivity contribution in [2.24, 2.45) is 11.7 Å². The molecule has 0 heterocycles. The molecule has 2 unspecified atom stereocenters. The molecule has 1 rings (SSSR count). The Morgan fingerprint density at radius 2 is 1.82 bits per heavy atom. The van der Waals surface area contributed by atoms with E-state index in [4.69, 9.17) is 10.8 Å². The van der Waals surface area contributed by atoms with Gasteiger partial charge in [-0.2, -0.15) is 13.2 Å². The minimum Gasteiger partial charge on any atom is -0.480 e. The summed E-state index contributed by atoms with van der Waals surface area (Å²) in [6.45, 7) is 3.44. The molecule has 0 aliphatic heterocycles. The second-order valence-corrected chi connectivity index (χ2v) is 5.93. The molecular formula is C16H22F3NO2. The zero-order valence-corrected chi connectivity index (χ0v) is 12.8. The van der Waals surface area contributed by atoms with Gasteiger partial charge in [0.05, 0.1) is 5.56 Å². The van der Waals surface area contributed by atoms with E-state index in [0.29, 0.717) is 19.3 Å². The number of aryl methyl sites for hydroxylation is 1. The Hall–Kier alpha value is -1.56. The molecule has 2 atom stereocenters. The number of carboxylic acids is 1. The van der Waals surface area contributed by atoms with E-state index in [1.54, 1.807) is 0 Å². The Kier molecular flexibility index (Phi) is 6.00. The van der Waals surface area contributed by atoms with E-state index in [-0.39, 0.29) is 5.92 Å². The van der Waals surface area contributed by atoms with Gasteiger partial charge in [-0.05, 0) is 49.8 Å².